The minimum absolute atomic E-state index is 0.373. The Morgan fingerprint density at radius 2 is 2.31 bits per heavy atom. The van der Waals surface area contributed by atoms with E-state index in [0.717, 1.165) is 0 Å². The summed E-state index contributed by atoms with van der Waals surface area (Å²) >= 11 is 0. The van der Waals surface area contributed by atoms with Crippen molar-refractivity contribution < 1.29 is 9.59 Å². The summed E-state index contributed by atoms with van der Waals surface area (Å²) in [7, 11) is 0. The normalized spacial score (nSPS) is 14.5. The number of rotatable bonds is 3. The molecule has 1 atom stereocenters. The lowest BCUT2D eigenvalue weighted by molar-refractivity contribution is -0.128. The molecule has 0 radical (unpaired) electrons. The zero-order valence-corrected chi connectivity index (χ0v) is 7.23. The number of nitrogens with two attached hydrogens (primary N) is 1. The van der Waals surface area contributed by atoms with E-state index in [1.807, 2.05) is 0 Å². The zero-order chi connectivity index (χ0) is 9.90. The van der Waals surface area contributed by atoms with E-state index in [1.54, 1.807) is 18.2 Å². The van der Waals surface area contributed by atoms with Gasteiger partial charge in [-0.25, -0.2) is 0 Å². The number of carbonyl (C=O) groups is 2. The Bertz CT molecular complexity index is 324. The van der Waals surface area contributed by atoms with Crippen molar-refractivity contribution in [3.8, 4) is 0 Å². The number of amides is 1. The van der Waals surface area contributed by atoms with Crippen LogP contribution in [0.3, 0.4) is 0 Å². The van der Waals surface area contributed by atoms with Crippen LogP contribution in [0.15, 0.2) is 24.4 Å². The third-order valence-corrected chi connectivity index (χ3v) is 1.94. The molecule has 0 fully saturated rings. The highest BCUT2D eigenvalue weighted by molar-refractivity contribution is 6.01. The molecule has 0 aromatic carbocycles. The van der Waals surface area contributed by atoms with E-state index < -0.39 is 11.3 Å². The van der Waals surface area contributed by atoms with Gasteiger partial charge < -0.3 is 10.5 Å². The highest BCUT2D eigenvalue weighted by Crippen LogP contribution is 2.17. The summed E-state index contributed by atoms with van der Waals surface area (Å²) in [5.41, 5.74) is 4.16. The second-order valence-electron chi connectivity index (χ2n) is 2.90. The van der Waals surface area contributed by atoms with Crippen molar-refractivity contribution in [2.45, 2.75) is 12.3 Å². The first-order valence-electron chi connectivity index (χ1n) is 3.79. The Hall–Kier alpha value is -1.71. The van der Waals surface area contributed by atoms with Crippen molar-refractivity contribution in [3.63, 3.8) is 0 Å². The van der Waals surface area contributed by atoms with Gasteiger partial charge in [0.2, 0.25) is 5.91 Å². The molecule has 13 heavy (non-hydrogen) atoms. The van der Waals surface area contributed by atoms with Gasteiger partial charge in [0.25, 0.3) is 0 Å². The molecule has 1 unspecified atom stereocenters. The second kappa shape index (κ2) is 3.35. The SMILES string of the molecule is CC(C=O)(C(N)=O)c1ccccn1. The summed E-state index contributed by atoms with van der Waals surface area (Å²) in [6.07, 6.45) is 2.03. The van der Waals surface area contributed by atoms with Crippen LogP contribution in [0.5, 0.6) is 0 Å². The lowest BCUT2D eigenvalue weighted by atomic mass is 9.87. The summed E-state index contributed by atoms with van der Waals surface area (Å²) < 4.78 is 0. The number of hydrogen-bond acceptors (Lipinski definition) is 3. The van der Waals surface area contributed by atoms with Crippen LogP contribution in [-0.4, -0.2) is 17.2 Å². The maximum Gasteiger partial charge on any atom is 0.236 e. The number of primary amides is 1. The van der Waals surface area contributed by atoms with Crippen LogP contribution in [0, 0.1) is 0 Å². The molecule has 1 aromatic heterocycles. The van der Waals surface area contributed by atoms with Gasteiger partial charge in [-0.2, -0.15) is 0 Å². The van der Waals surface area contributed by atoms with Crippen LogP contribution in [0.4, 0.5) is 0 Å². The fourth-order valence-corrected chi connectivity index (χ4v) is 0.915. The first-order chi connectivity index (χ1) is 6.11. The molecular weight excluding hydrogens is 168 g/mol. The van der Waals surface area contributed by atoms with Crippen molar-refractivity contribution in [1.82, 2.24) is 4.98 Å². The van der Waals surface area contributed by atoms with Gasteiger partial charge in [0.15, 0.2) is 0 Å². The summed E-state index contributed by atoms with van der Waals surface area (Å²) in [5.74, 6) is -0.693. The first kappa shape index (κ1) is 9.38. The first-order valence-corrected chi connectivity index (χ1v) is 3.79. The molecule has 2 N–H and O–H groups in total. The van der Waals surface area contributed by atoms with Gasteiger partial charge in [0.05, 0.1) is 5.69 Å². The molecular formula is C9H10N2O2. The summed E-state index contributed by atoms with van der Waals surface area (Å²) in [4.78, 5) is 25.6. The zero-order valence-electron chi connectivity index (χ0n) is 7.23. The Morgan fingerprint density at radius 1 is 1.62 bits per heavy atom. The summed E-state index contributed by atoms with van der Waals surface area (Å²) in [6.45, 7) is 1.45. The van der Waals surface area contributed by atoms with E-state index >= 15 is 0 Å². The molecule has 1 rings (SSSR count). The van der Waals surface area contributed by atoms with Gasteiger partial charge in [-0.3, -0.25) is 9.78 Å². The van der Waals surface area contributed by atoms with Crippen LogP contribution in [0.25, 0.3) is 0 Å². The van der Waals surface area contributed by atoms with Crippen molar-refractivity contribution in [1.29, 1.82) is 0 Å². The summed E-state index contributed by atoms with van der Waals surface area (Å²) in [5, 5.41) is 0. The molecule has 1 heterocycles. The van der Waals surface area contributed by atoms with E-state index in [4.69, 9.17) is 5.73 Å². The fourth-order valence-electron chi connectivity index (χ4n) is 0.915. The molecule has 0 aliphatic rings. The van der Waals surface area contributed by atoms with E-state index in [-0.39, 0.29) is 0 Å². The molecule has 1 amide bonds. The Labute approximate surface area is 75.8 Å². The van der Waals surface area contributed by atoms with Gasteiger partial charge in [-0.15, -0.1) is 0 Å². The van der Waals surface area contributed by atoms with E-state index in [0.29, 0.717) is 12.0 Å². The molecule has 68 valence electrons. The highest BCUT2D eigenvalue weighted by atomic mass is 16.2. The Morgan fingerprint density at radius 3 is 2.69 bits per heavy atom. The maximum atomic E-state index is 11.0. The predicted molar refractivity (Wildman–Crippen MR) is 46.8 cm³/mol. The van der Waals surface area contributed by atoms with E-state index in [1.165, 1.54) is 13.1 Å². The molecule has 1 aromatic rings. The summed E-state index contributed by atoms with van der Waals surface area (Å²) in [6, 6.07) is 5.00. The fraction of sp³-hybridized carbons (Fsp3) is 0.222. The number of nitrogens with zero attached hydrogens (tertiary/aromatic N) is 1. The quantitative estimate of drug-likeness (QED) is 0.524. The average molecular weight is 178 g/mol. The largest absolute Gasteiger partial charge is 0.368 e. The average Bonchev–Trinajstić information content (AvgIpc) is 2.17. The van der Waals surface area contributed by atoms with Gasteiger partial charge >= 0.3 is 0 Å². The Balaban J connectivity index is 3.18. The van der Waals surface area contributed by atoms with Crippen LogP contribution < -0.4 is 5.73 Å². The lowest BCUT2D eigenvalue weighted by Crippen LogP contribution is -2.40. The Kier molecular flexibility index (Phi) is 2.41. The number of carbonyl (C=O) groups excluding carboxylic acids is 2. The molecule has 0 saturated carbocycles. The standard InChI is InChI=1S/C9H10N2O2/c1-9(6-12,8(10)13)7-4-2-3-5-11-7/h2-6H,1H3,(H2,10,13). The van der Waals surface area contributed by atoms with Crippen LogP contribution in [0.1, 0.15) is 12.6 Å². The molecule has 0 spiro atoms. The molecule has 0 saturated heterocycles. The van der Waals surface area contributed by atoms with Crippen LogP contribution >= 0.6 is 0 Å². The smallest absolute Gasteiger partial charge is 0.236 e. The van der Waals surface area contributed by atoms with Crippen LogP contribution in [0.2, 0.25) is 0 Å². The molecule has 0 aliphatic heterocycles. The van der Waals surface area contributed by atoms with Crippen molar-refractivity contribution in [3.05, 3.63) is 30.1 Å². The van der Waals surface area contributed by atoms with Crippen molar-refractivity contribution >= 4 is 12.2 Å². The number of hydrogen-bond donors (Lipinski definition) is 1. The molecule has 4 nitrogen and oxygen atoms in total. The maximum absolute atomic E-state index is 11.0. The van der Waals surface area contributed by atoms with Gasteiger partial charge in [-0.1, -0.05) is 6.07 Å². The van der Waals surface area contributed by atoms with Gasteiger partial charge in [-0.05, 0) is 19.1 Å². The van der Waals surface area contributed by atoms with Gasteiger partial charge in [0, 0.05) is 6.20 Å². The molecule has 0 bridgehead atoms. The van der Waals surface area contributed by atoms with Gasteiger partial charge in [0.1, 0.15) is 11.7 Å². The number of aldehydes is 1. The monoisotopic (exact) mass is 178 g/mol. The van der Waals surface area contributed by atoms with E-state index in [9.17, 15) is 9.59 Å². The number of pyridine rings is 1. The third kappa shape index (κ3) is 1.56. The molecule has 0 aliphatic carbocycles. The van der Waals surface area contributed by atoms with E-state index in [2.05, 4.69) is 4.98 Å². The lowest BCUT2D eigenvalue weighted by Gasteiger charge is -2.17. The second-order valence-corrected chi connectivity index (χ2v) is 2.90. The predicted octanol–water partition coefficient (Wildman–Crippen LogP) is 0.0235. The number of aromatic nitrogens is 1. The van der Waals surface area contributed by atoms with Crippen molar-refractivity contribution in [2.24, 2.45) is 5.73 Å². The minimum atomic E-state index is -1.32. The van der Waals surface area contributed by atoms with Crippen molar-refractivity contribution in [2.75, 3.05) is 0 Å². The topological polar surface area (TPSA) is 73.1 Å². The molecule has 4 heteroatoms. The van der Waals surface area contributed by atoms with Crippen LogP contribution in [-0.2, 0) is 15.0 Å². The third-order valence-electron chi connectivity index (χ3n) is 1.94. The highest BCUT2D eigenvalue weighted by Gasteiger charge is 2.34. The minimum Gasteiger partial charge on any atom is -0.368 e.